The van der Waals surface area contributed by atoms with Gasteiger partial charge in [0.2, 0.25) is 0 Å². The molecule has 0 aliphatic heterocycles. The van der Waals surface area contributed by atoms with Crippen molar-refractivity contribution < 1.29 is 4.39 Å². The standard InChI is InChI=1S/C24H27FN2/c1-3-18-12-14-24(2,15-13-18)23(20-10-8-19(16-25)9-11-20)27-17-21-6-4-5-7-22(21)26/h3-8,10,12-14,17,23,26-27H,1,9,11,15-16H2,2H3/b21-17-,26-22?. The van der Waals surface area contributed by atoms with E-state index in [0.717, 1.165) is 36.0 Å². The van der Waals surface area contributed by atoms with E-state index in [0.29, 0.717) is 5.71 Å². The van der Waals surface area contributed by atoms with Gasteiger partial charge in [-0.2, -0.15) is 0 Å². The molecule has 0 saturated carbocycles. The zero-order valence-electron chi connectivity index (χ0n) is 15.8. The Balaban J connectivity index is 1.89. The van der Waals surface area contributed by atoms with Crippen molar-refractivity contribution in [2.45, 2.75) is 32.2 Å². The van der Waals surface area contributed by atoms with Crippen LogP contribution >= 0.6 is 0 Å². The number of halogens is 1. The fourth-order valence-electron chi connectivity index (χ4n) is 3.69. The number of hydrogen-bond donors (Lipinski definition) is 2. The summed E-state index contributed by atoms with van der Waals surface area (Å²) in [5.74, 6) is 0. The first-order valence-electron chi connectivity index (χ1n) is 9.42. The van der Waals surface area contributed by atoms with Gasteiger partial charge in [-0.1, -0.05) is 68.2 Å². The van der Waals surface area contributed by atoms with E-state index in [1.54, 1.807) is 6.08 Å². The zero-order valence-corrected chi connectivity index (χ0v) is 15.8. The van der Waals surface area contributed by atoms with Crippen LogP contribution in [0.4, 0.5) is 4.39 Å². The normalized spacial score (nSPS) is 27.1. The summed E-state index contributed by atoms with van der Waals surface area (Å²) < 4.78 is 13.0. The van der Waals surface area contributed by atoms with E-state index >= 15 is 0 Å². The van der Waals surface area contributed by atoms with Gasteiger partial charge >= 0.3 is 0 Å². The number of alkyl halides is 1. The minimum Gasteiger partial charge on any atom is -0.383 e. The van der Waals surface area contributed by atoms with Crippen LogP contribution in [0.25, 0.3) is 0 Å². The molecule has 0 radical (unpaired) electrons. The summed E-state index contributed by atoms with van der Waals surface area (Å²) >= 11 is 0. The van der Waals surface area contributed by atoms with Gasteiger partial charge in [0, 0.05) is 17.2 Å². The Morgan fingerprint density at radius 2 is 2.07 bits per heavy atom. The second-order valence-corrected chi connectivity index (χ2v) is 7.48. The third-order valence-electron chi connectivity index (χ3n) is 5.51. The van der Waals surface area contributed by atoms with Crippen LogP contribution in [0.15, 0.2) is 95.8 Å². The Morgan fingerprint density at radius 1 is 1.26 bits per heavy atom. The predicted molar refractivity (Wildman–Crippen MR) is 113 cm³/mol. The second kappa shape index (κ2) is 8.34. The van der Waals surface area contributed by atoms with E-state index in [1.165, 1.54) is 5.57 Å². The fraction of sp³-hybridized carbons (Fsp3) is 0.292. The van der Waals surface area contributed by atoms with Crippen LogP contribution in [0, 0.1) is 10.8 Å². The first kappa shape index (κ1) is 19.1. The molecular weight excluding hydrogens is 335 g/mol. The molecule has 2 unspecified atom stereocenters. The average molecular weight is 362 g/mol. The van der Waals surface area contributed by atoms with E-state index in [2.05, 4.69) is 43.1 Å². The van der Waals surface area contributed by atoms with E-state index in [9.17, 15) is 4.39 Å². The molecule has 0 aromatic carbocycles. The van der Waals surface area contributed by atoms with Crippen LogP contribution in [-0.4, -0.2) is 18.4 Å². The van der Waals surface area contributed by atoms with Gasteiger partial charge in [-0.15, -0.1) is 0 Å². The van der Waals surface area contributed by atoms with Crippen molar-refractivity contribution in [1.29, 1.82) is 5.41 Å². The summed E-state index contributed by atoms with van der Waals surface area (Å²) in [5, 5.41) is 11.7. The van der Waals surface area contributed by atoms with Gasteiger partial charge in [0.05, 0.1) is 11.8 Å². The molecule has 0 saturated heterocycles. The van der Waals surface area contributed by atoms with Crippen molar-refractivity contribution in [2.24, 2.45) is 5.41 Å². The maximum Gasteiger partial charge on any atom is 0.111 e. The third-order valence-corrected chi connectivity index (χ3v) is 5.51. The van der Waals surface area contributed by atoms with E-state index < -0.39 is 0 Å². The third kappa shape index (κ3) is 4.36. The Kier molecular flexibility index (Phi) is 5.90. The summed E-state index contributed by atoms with van der Waals surface area (Å²) in [4.78, 5) is 0. The Bertz CT molecular complexity index is 832. The van der Waals surface area contributed by atoms with Crippen molar-refractivity contribution in [3.8, 4) is 0 Å². The highest BCUT2D eigenvalue weighted by atomic mass is 19.1. The molecular formula is C24H27FN2. The van der Waals surface area contributed by atoms with Gasteiger partial charge < -0.3 is 10.7 Å². The highest BCUT2D eigenvalue weighted by Crippen LogP contribution is 2.39. The van der Waals surface area contributed by atoms with Crippen LogP contribution in [0.3, 0.4) is 0 Å². The maximum absolute atomic E-state index is 13.0. The molecule has 0 heterocycles. The summed E-state index contributed by atoms with van der Waals surface area (Å²) in [7, 11) is 0. The predicted octanol–water partition coefficient (Wildman–Crippen LogP) is 5.67. The highest BCUT2D eigenvalue weighted by Gasteiger charge is 2.34. The van der Waals surface area contributed by atoms with Crippen LogP contribution < -0.4 is 5.32 Å². The summed E-state index contributed by atoms with van der Waals surface area (Å²) in [5.41, 5.74) is 4.53. The molecule has 3 heteroatoms. The lowest BCUT2D eigenvalue weighted by Crippen LogP contribution is -2.42. The molecule has 2 N–H and O–H groups in total. The number of allylic oxidation sites excluding steroid dienone is 12. The molecule has 27 heavy (non-hydrogen) atoms. The molecule has 0 aromatic heterocycles. The molecule has 3 rings (SSSR count). The Morgan fingerprint density at radius 3 is 2.67 bits per heavy atom. The van der Waals surface area contributed by atoms with Crippen molar-refractivity contribution >= 4 is 5.71 Å². The Hall–Kier alpha value is -2.68. The molecule has 3 aliphatic carbocycles. The molecule has 0 spiro atoms. The van der Waals surface area contributed by atoms with Gasteiger partial charge in [0.25, 0.3) is 0 Å². The van der Waals surface area contributed by atoms with Crippen molar-refractivity contribution in [1.82, 2.24) is 5.32 Å². The molecule has 0 bridgehead atoms. The molecule has 0 fully saturated rings. The largest absolute Gasteiger partial charge is 0.383 e. The fourth-order valence-corrected chi connectivity index (χ4v) is 3.69. The van der Waals surface area contributed by atoms with Gasteiger partial charge in [0.15, 0.2) is 0 Å². The Labute approximate surface area is 161 Å². The van der Waals surface area contributed by atoms with Gasteiger partial charge in [-0.05, 0) is 42.1 Å². The average Bonchev–Trinajstić information content (AvgIpc) is 2.70. The monoisotopic (exact) mass is 362 g/mol. The topological polar surface area (TPSA) is 35.9 Å². The molecule has 3 aliphatic rings. The lowest BCUT2D eigenvalue weighted by atomic mass is 9.71. The van der Waals surface area contributed by atoms with Crippen molar-refractivity contribution in [2.75, 3.05) is 6.67 Å². The first-order chi connectivity index (χ1) is 13.1. The van der Waals surface area contributed by atoms with Crippen LogP contribution in [0.5, 0.6) is 0 Å². The number of rotatable bonds is 6. The molecule has 0 amide bonds. The van der Waals surface area contributed by atoms with Crippen molar-refractivity contribution in [3.05, 3.63) is 95.8 Å². The van der Waals surface area contributed by atoms with Crippen LogP contribution in [-0.2, 0) is 0 Å². The number of hydrogen-bond acceptors (Lipinski definition) is 2. The lowest BCUT2D eigenvalue weighted by molar-refractivity contribution is 0.330. The second-order valence-electron chi connectivity index (χ2n) is 7.48. The van der Waals surface area contributed by atoms with E-state index in [-0.39, 0.29) is 18.1 Å². The summed E-state index contributed by atoms with van der Waals surface area (Å²) in [6.07, 6.45) is 24.5. The summed E-state index contributed by atoms with van der Waals surface area (Å²) in [6, 6.07) is 0.0772. The first-order valence-corrected chi connectivity index (χ1v) is 9.42. The molecule has 140 valence electrons. The molecule has 2 atom stereocenters. The minimum atomic E-state index is -0.372. The van der Waals surface area contributed by atoms with Gasteiger partial charge in [-0.3, -0.25) is 0 Å². The zero-order chi connectivity index (χ0) is 19.3. The maximum atomic E-state index is 13.0. The quantitative estimate of drug-likeness (QED) is 0.627. The van der Waals surface area contributed by atoms with Gasteiger partial charge in [0.1, 0.15) is 6.67 Å². The van der Waals surface area contributed by atoms with Crippen molar-refractivity contribution in [3.63, 3.8) is 0 Å². The summed E-state index contributed by atoms with van der Waals surface area (Å²) in [6.45, 7) is 5.72. The molecule has 0 aromatic rings. The molecule has 2 nitrogen and oxygen atoms in total. The van der Waals surface area contributed by atoms with Crippen LogP contribution in [0.2, 0.25) is 0 Å². The van der Waals surface area contributed by atoms with Crippen LogP contribution in [0.1, 0.15) is 26.2 Å². The minimum absolute atomic E-state index is 0.0772. The highest BCUT2D eigenvalue weighted by molar-refractivity contribution is 6.09. The smallest absolute Gasteiger partial charge is 0.111 e. The number of nitrogens with one attached hydrogen (secondary N) is 2. The van der Waals surface area contributed by atoms with E-state index in [1.807, 2.05) is 36.6 Å². The van der Waals surface area contributed by atoms with E-state index in [4.69, 9.17) is 5.41 Å². The lowest BCUT2D eigenvalue weighted by Gasteiger charge is -2.39. The SMILES string of the molecule is C=CC1=CCC(C)(C(N/C=C2/C=CC=CC2=N)C2=CC=C(CF)CC2)C=C1. The van der Waals surface area contributed by atoms with Gasteiger partial charge in [-0.25, -0.2) is 4.39 Å².